The molecular formula is C12H20N2O. The van der Waals surface area contributed by atoms with E-state index in [-0.39, 0.29) is 0 Å². The molecule has 84 valence electrons. The van der Waals surface area contributed by atoms with Gasteiger partial charge in [0.2, 0.25) is 0 Å². The molecule has 1 rings (SSSR count). The second-order valence-corrected chi connectivity index (χ2v) is 3.57. The van der Waals surface area contributed by atoms with Crippen LogP contribution in [-0.2, 0) is 11.3 Å². The highest BCUT2D eigenvalue weighted by Gasteiger charge is 1.94. The van der Waals surface area contributed by atoms with Crippen LogP contribution in [-0.4, -0.2) is 24.7 Å². The van der Waals surface area contributed by atoms with Crippen molar-refractivity contribution in [1.29, 1.82) is 0 Å². The van der Waals surface area contributed by atoms with Crippen molar-refractivity contribution >= 4 is 0 Å². The van der Waals surface area contributed by atoms with Gasteiger partial charge in [-0.25, -0.2) is 0 Å². The Balaban J connectivity index is 2.10. The first-order valence-electron chi connectivity index (χ1n) is 5.54. The standard InChI is InChI=1S/C12H20N2O/c1-3-7-13-8-9-15-10-12-6-4-5-11(2)14-12/h4-6,13H,3,7-10H2,1-2H3. The van der Waals surface area contributed by atoms with Crippen LogP contribution < -0.4 is 5.32 Å². The monoisotopic (exact) mass is 208 g/mol. The van der Waals surface area contributed by atoms with Gasteiger partial charge in [0.25, 0.3) is 0 Å². The Morgan fingerprint density at radius 2 is 2.20 bits per heavy atom. The van der Waals surface area contributed by atoms with Gasteiger partial charge in [-0.3, -0.25) is 4.98 Å². The lowest BCUT2D eigenvalue weighted by Crippen LogP contribution is -2.20. The molecule has 3 nitrogen and oxygen atoms in total. The average Bonchev–Trinajstić information content (AvgIpc) is 2.23. The summed E-state index contributed by atoms with van der Waals surface area (Å²) in [6.45, 7) is 7.48. The molecule has 0 aromatic carbocycles. The molecule has 0 aliphatic rings. The highest BCUT2D eigenvalue weighted by Crippen LogP contribution is 1.99. The van der Waals surface area contributed by atoms with Crippen LogP contribution in [0.1, 0.15) is 24.7 Å². The third-order valence-electron chi connectivity index (χ3n) is 2.05. The third-order valence-corrected chi connectivity index (χ3v) is 2.05. The number of pyridine rings is 1. The van der Waals surface area contributed by atoms with Crippen LogP contribution in [0.5, 0.6) is 0 Å². The van der Waals surface area contributed by atoms with Gasteiger partial charge in [-0.15, -0.1) is 0 Å². The molecule has 0 radical (unpaired) electrons. The van der Waals surface area contributed by atoms with Gasteiger partial charge in [0.05, 0.1) is 18.9 Å². The van der Waals surface area contributed by atoms with Crippen molar-refractivity contribution in [2.24, 2.45) is 0 Å². The fourth-order valence-corrected chi connectivity index (χ4v) is 1.30. The topological polar surface area (TPSA) is 34.1 Å². The van der Waals surface area contributed by atoms with Crippen LogP contribution in [0.2, 0.25) is 0 Å². The average molecular weight is 208 g/mol. The zero-order chi connectivity index (χ0) is 10.9. The van der Waals surface area contributed by atoms with Crippen LogP contribution >= 0.6 is 0 Å². The molecule has 1 aromatic heterocycles. The van der Waals surface area contributed by atoms with E-state index in [1.807, 2.05) is 25.1 Å². The maximum absolute atomic E-state index is 5.50. The normalized spacial score (nSPS) is 10.5. The number of nitrogens with one attached hydrogen (secondary N) is 1. The van der Waals surface area contributed by atoms with E-state index in [0.29, 0.717) is 6.61 Å². The summed E-state index contributed by atoms with van der Waals surface area (Å²) in [7, 11) is 0. The van der Waals surface area contributed by atoms with Crippen LogP contribution in [0, 0.1) is 6.92 Å². The van der Waals surface area contributed by atoms with Gasteiger partial charge < -0.3 is 10.1 Å². The van der Waals surface area contributed by atoms with Gasteiger partial charge in [-0.05, 0) is 32.0 Å². The summed E-state index contributed by atoms with van der Waals surface area (Å²) in [5, 5.41) is 3.29. The van der Waals surface area contributed by atoms with Gasteiger partial charge in [-0.1, -0.05) is 13.0 Å². The fourth-order valence-electron chi connectivity index (χ4n) is 1.30. The smallest absolute Gasteiger partial charge is 0.0888 e. The van der Waals surface area contributed by atoms with Crippen molar-refractivity contribution in [2.75, 3.05) is 19.7 Å². The van der Waals surface area contributed by atoms with Gasteiger partial charge in [-0.2, -0.15) is 0 Å². The molecule has 0 saturated heterocycles. The van der Waals surface area contributed by atoms with Crippen LogP contribution in [0.4, 0.5) is 0 Å². The quantitative estimate of drug-likeness (QED) is 0.695. The largest absolute Gasteiger partial charge is 0.374 e. The minimum absolute atomic E-state index is 0.607. The molecule has 0 fully saturated rings. The van der Waals surface area contributed by atoms with Crippen molar-refractivity contribution < 1.29 is 4.74 Å². The number of aryl methyl sites for hydroxylation is 1. The number of hydrogen-bond donors (Lipinski definition) is 1. The van der Waals surface area contributed by atoms with Gasteiger partial charge in [0.1, 0.15) is 0 Å². The van der Waals surface area contributed by atoms with E-state index >= 15 is 0 Å². The number of rotatable bonds is 7. The molecule has 0 aliphatic heterocycles. The van der Waals surface area contributed by atoms with Crippen molar-refractivity contribution in [2.45, 2.75) is 26.9 Å². The predicted molar refractivity (Wildman–Crippen MR) is 61.8 cm³/mol. The molecule has 0 saturated carbocycles. The van der Waals surface area contributed by atoms with Crippen molar-refractivity contribution in [1.82, 2.24) is 10.3 Å². The Morgan fingerprint density at radius 1 is 1.33 bits per heavy atom. The molecular weight excluding hydrogens is 188 g/mol. The third kappa shape index (κ3) is 5.50. The molecule has 1 heterocycles. The minimum atomic E-state index is 0.607. The van der Waals surface area contributed by atoms with E-state index in [2.05, 4.69) is 17.2 Å². The molecule has 0 spiro atoms. The Kier molecular flexibility index (Phi) is 5.97. The van der Waals surface area contributed by atoms with Crippen LogP contribution in [0.25, 0.3) is 0 Å². The molecule has 15 heavy (non-hydrogen) atoms. The minimum Gasteiger partial charge on any atom is -0.374 e. The molecule has 1 N–H and O–H groups in total. The second-order valence-electron chi connectivity index (χ2n) is 3.57. The summed E-state index contributed by atoms with van der Waals surface area (Å²) in [4.78, 5) is 4.36. The summed E-state index contributed by atoms with van der Waals surface area (Å²) in [5.41, 5.74) is 2.05. The number of hydrogen-bond acceptors (Lipinski definition) is 3. The summed E-state index contributed by atoms with van der Waals surface area (Å²) in [5.74, 6) is 0. The molecule has 0 atom stereocenters. The molecule has 0 amide bonds. The van der Waals surface area contributed by atoms with E-state index < -0.39 is 0 Å². The van der Waals surface area contributed by atoms with Crippen molar-refractivity contribution in [3.63, 3.8) is 0 Å². The summed E-state index contributed by atoms with van der Waals surface area (Å²) in [6.07, 6.45) is 1.17. The Bertz CT molecular complexity index is 276. The highest BCUT2D eigenvalue weighted by molar-refractivity contribution is 5.08. The molecule has 0 aliphatic carbocycles. The molecule has 3 heteroatoms. The van der Waals surface area contributed by atoms with E-state index in [4.69, 9.17) is 4.74 Å². The van der Waals surface area contributed by atoms with Gasteiger partial charge in [0, 0.05) is 12.2 Å². The molecule has 0 unspecified atom stereocenters. The Hall–Kier alpha value is -0.930. The molecule has 1 aromatic rings. The second kappa shape index (κ2) is 7.37. The predicted octanol–water partition coefficient (Wildman–Crippen LogP) is 1.91. The lowest BCUT2D eigenvalue weighted by molar-refractivity contribution is 0.120. The van der Waals surface area contributed by atoms with Crippen LogP contribution in [0.15, 0.2) is 18.2 Å². The first-order chi connectivity index (χ1) is 7.33. The zero-order valence-electron chi connectivity index (χ0n) is 9.62. The summed E-state index contributed by atoms with van der Waals surface area (Å²) >= 11 is 0. The van der Waals surface area contributed by atoms with E-state index in [0.717, 1.165) is 31.1 Å². The number of nitrogens with zero attached hydrogens (tertiary/aromatic N) is 1. The van der Waals surface area contributed by atoms with E-state index in [1.54, 1.807) is 0 Å². The van der Waals surface area contributed by atoms with Gasteiger partial charge >= 0.3 is 0 Å². The maximum atomic E-state index is 5.50. The first kappa shape index (κ1) is 12.1. The molecule has 0 bridgehead atoms. The van der Waals surface area contributed by atoms with Gasteiger partial charge in [0.15, 0.2) is 0 Å². The SMILES string of the molecule is CCCNCCOCc1cccc(C)n1. The number of ether oxygens (including phenoxy) is 1. The van der Waals surface area contributed by atoms with E-state index in [1.165, 1.54) is 6.42 Å². The van der Waals surface area contributed by atoms with Crippen molar-refractivity contribution in [3.8, 4) is 0 Å². The lowest BCUT2D eigenvalue weighted by atomic mass is 10.3. The Morgan fingerprint density at radius 3 is 2.93 bits per heavy atom. The highest BCUT2D eigenvalue weighted by atomic mass is 16.5. The van der Waals surface area contributed by atoms with Crippen molar-refractivity contribution in [3.05, 3.63) is 29.6 Å². The van der Waals surface area contributed by atoms with Crippen LogP contribution in [0.3, 0.4) is 0 Å². The number of aromatic nitrogens is 1. The first-order valence-corrected chi connectivity index (χ1v) is 5.54. The summed E-state index contributed by atoms with van der Waals surface area (Å²) in [6, 6.07) is 6.00. The van der Waals surface area contributed by atoms with E-state index in [9.17, 15) is 0 Å². The zero-order valence-corrected chi connectivity index (χ0v) is 9.62. The maximum Gasteiger partial charge on any atom is 0.0888 e. The Labute approximate surface area is 91.9 Å². The lowest BCUT2D eigenvalue weighted by Gasteiger charge is -2.05. The fraction of sp³-hybridized carbons (Fsp3) is 0.583. The summed E-state index contributed by atoms with van der Waals surface area (Å²) < 4.78 is 5.50.